The minimum atomic E-state index is -3.09. The van der Waals surface area contributed by atoms with E-state index < -0.39 is 18.2 Å². The molecule has 4 nitrogen and oxygen atoms in total. The first kappa shape index (κ1) is 14.3. The fraction of sp³-hybridized carbons (Fsp3) is 0.364. The second-order valence-corrected chi connectivity index (χ2v) is 3.46. The molecule has 0 spiro atoms. The number of nitrogens with one attached hydrogen (secondary N) is 1. The van der Waals surface area contributed by atoms with Crippen molar-refractivity contribution in [3.05, 3.63) is 24.0 Å². The lowest BCUT2D eigenvalue weighted by atomic mass is 10.2. The van der Waals surface area contributed by atoms with Crippen molar-refractivity contribution >= 4 is 11.6 Å². The number of hydrogen-bond acceptors (Lipinski definition) is 3. The molecule has 0 aromatic heterocycles. The number of benzene rings is 1. The minimum Gasteiger partial charge on any atom is -0.432 e. The van der Waals surface area contributed by atoms with Crippen LogP contribution < -0.4 is 15.8 Å². The summed E-state index contributed by atoms with van der Waals surface area (Å²) in [5.41, 5.74) is 5.41. The Morgan fingerprint density at radius 2 is 2.17 bits per heavy atom. The van der Waals surface area contributed by atoms with Gasteiger partial charge in [-0.05, 0) is 25.1 Å². The summed E-state index contributed by atoms with van der Waals surface area (Å²) < 4.78 is 41.0. The van der Waals surface area contributed by atoms with E-state index in [9.17, 15) is 18.0 Å². The van der Waals surface area contributed by atoms with Crippen LogP contribution in [0.4, 0.5) is 18.9 Å². The van der Waals surface area contributed by atoms with Crippen molar-refractivity contribution in [2.24, 2.45) is 5.73 Å². The molecule has 0 radical (unpaired) electrons. The summed E-state index contributed by atoms with van der Waals surface area (Å²) >= 11 is 0. The number of hydrogen-bond donors (Lipinski definition) is 2. The molecule has 1 aromatic carbocycles. The van der Waals surface area contributed by atoms with Gasteiger partial charge in [-0.2, -0.15) is 8.78 Å². The first-order valence-corrected chi connectivity index (χ1v) is 5.27. The van der Waals surface area contributed by atoms with E-state index >= 15 is 0 Å². The topological polar surface area (TPSA) is 64.4 Å². The molecule has 3 N–H and O–H groups in total. The van der Waals surface area contributed by atoms with Crippen molar-refractivity contribution in [3.63, 3.8) is 0 Å². The van der Waals surface area contributed by atoms with Crippen molar-refractivity contribution in [2.45, 2.75) is 19.5 Å². The summed E-state index contributed by atoms with van der Waals surface area (Å²) in [6.07, 6.45) is 0.730. The summed E-state index contributed by atoms with van der Waals surface area (Å²) in [4.78, 5) is 11.3. The van der Waals surface area contributed by atoms with Crippen LogP contribution in [0.15, 0.2) is 18.2 Å². The maximum Gasteiger partial charge on any atom is 0.387 e. The number of carbonyl (C=O) groups is 1. The van der Waals surface area contributed by atoms with Crippen LogP contribution in [0.25, 0.3) is 0 Å². The highest BCUT2D eigenvalue weighted by molar-refractivity contribution is 5.90. The van der Waals surface area contributed by atoms with Crippen molar-refractivity contribution in [2.75, 3.05) is 11.9 Å². The average Bonchev–Trinajstić information content (AvgIpc) is 2.29. The lowest BCUT2D eigenvalue weighted by Gasteiger charge is -2.08. The first-order valence-electron chi connectivity index (χ1n) is 5.27. The molecule has 0 bridgehead atoms. The molecule has 0 atom stereocenters. The molecule has 1 aromatic rings. The number of amides is 1. The van der Waals surface area contributed by atoms with Gasteiger partial charge in [0.25, 0.3) is 0 Å². The van der Waals surface area contributed by atoms with Gasteiger partial charge in [0, 0.05) is 18.2 Å². The summed E-state index contributed by atoms with van der Waals surface area (Å²) in [5.74, 6) is -1.85. The Morgan fingerprint density at radius 1 is 1.44 bits per heavy atom. The van der Waals surface area contributed by atoms with Crippen LogP contribution in [0.5, 0.6) is 5.75 Å². The lowest BCUT2D eigenvalue weighted by Crippen LogP contribution is -2.13. The molecule has 100 valence electrons. The Kier molecular flexibility index (Phi) is 5.44. The van der Waals surface area contributed by atoms with Gasteiger partial charge in [-0.3, -0.25) is 4.79 Å². The number of nitrogens with two attached hydrogens (primary N) is 1. The average molecular weight is 262 g/mol. The summed E-state index contributed by atoms with van der Waals surface area (Å²) in [6.45, 7) is -2.72. The maximum atomic E-state index is 13.3. The van der Waals surface area contributed by atoms with Crippen LogP contribution in [0.1, 0.15) is 12.8 Å². The number of rotatable bonds is 6. The van der Waals surface area contributed by atoms with E-state index in [4.69, 9.17) is 5.73 Å². The predicted molar refractivity (Wildman–Crippen MR) is 60.0 cm³/mol. The lowest BCUT2D eigenvalue weighted by molar-refractivity contribution is -0.116. The smallest absolute Gasteiger partial charge is 0.387 e. The van der Waals surface area contributed by atoms with E-state index in [0.29, 0.717) is 13.0 Å². The van der Waals surface area contributed by atoms with Gasteiger partial charge in [0.1, 0.15) is 0 Å². The zero-order valence-corrected chi connectivity index (χ0v) is 9.46. The van der Waals surface area contributed by atoms with Crippen LogP contribution in [0.2, 0.25) is 0 Å². The number of alkyl halides is 2. The highest BCUT2D eigenvalue weighted by Gasteiger charge is 2.11. The van der Waals surface area contributed by atoms with Crippen LogP contribution in [0, 0.1) is 5.82 Å². The van der Waals surface area contributed by atoms with Gasteiger partial charge in [-0.15, -0.1) is 0 Å². The predicted octanol–water partition coefficient (Wildman–Crippen LogP) is 2.10. The van der Waals surface area contributed by atoms with Crippen LogP contribution in [-0.2, 0) is 4.79 Å². The molecule has 18 heavy (non-hydrogen) atoms. The Hall–Kier alpha value is -1.76. The molecular weight excluding hydrogens is 249 g/mol. The number of ether oxygens (including phenoxy) is 1. The molecule has 0 fully saturated rings. The van der Waals surface area contributed by atoms with Crippen molar-refractivity contribution in [1.29, 1.82) is 0 Å². The van der Waals surface area contributed by atoms with Crippen LogP contribution >= 0.6 is 0 Å². The van der Waals surface area contributed by atoms with E-state index in [1.807, 2.05) is 0 Å². The molecule has 0 unspecified atom stereocenters. The second kappa shape index (κ2) is 6.85. The third-order valence-corrected chi connectivity index (χ3v) is 2.04. The monoisotopic (exact) mass is 262 g/mol. The molecule has 0 aliphatic carbocycles. The molecule has 1 rings (SSSR count). The Morgan fingerprint density at radius 3 is 2.72 bits per heavy atom. The van der Waals surface area contributed by atoms with E-state index in [2.05, 4.69) is 10.1 Å². The van der Waals surface area contributed by atoms with Gasteiger partial charge in [-0.1, -0.05) is 0 Å². The van der Waals surface area contributed by atoms with E-state index in [-0.39, 0.29) is 18.0 Å². The van der Waals surface area contributed by atoms with Crippen LogP contribution in [0.3, 0.4) is 0 Å². The quantitative estimate of drug-likeness (QED) is 0.825. The fourth-order valence-corrected chi connectivity index (χ4v) is 1.26. The molecule has 0 aliphatic heterocycles. The fourth-order valence-electron chi connectivity index (χ4n) is 1.26. The maximum absolute atomic E-state index is 13.3. The minimum absolute atomic E-state index is 0.177. The van der Waals surface area contributed by atoms with Gasteiger partial charge in [0.05, 0.1) is 0 Å². The van der Waals surface area contributed by atoms with Crippen LogP contribution in [-0.4, -0.2) is 19.1 Å². The molecule has 0 heterocycles. The highest BCUT2D eigenvalue weighted by atomic mass is 19.3. The largest absolute Gasteiger partial charge is 0.432 e. The van der Waals surface area contributed by atoms with Crippen molar-refractivity contribution < 1.29 is 22.7 Å². The summed E-state index contributed by atoms with van der Waals surface area (Å²) in [7, 11) is 0. The molecular formula is C11H13F3N2O2. The second-order valence-electron chi connectivity index (χ2n) is 3.46. The van der Waals surface area contributed by atoms with Gasteiger partial charge in [-0.25, -0.2) is 4.39 Å². The Bertz CT molecular complexity index is 413. The summed E-state index contributed by atoms with van der Waals surface area (Å²) in [5, 5.41) is 2.42. The van der Waals surface area contributed by atoms with Gasteiger partial charge >= 0.3 is 6.61 Å². The number of carbonyl (C=O) groups excluding carboxylic acids is 1. The zero-order valence-electron chi connectivity index (χ0n) is 9.46. The number of anilines is 1. The van der Waals surface area contributed by atoms with Gasteiger partial charge < -0.3 is 15.8 Å². The van der Waals surface area contributed by atoms with Gasteiger partial charge in [0.2, 0.25) is 5.91 Å². The zero-order chi connectivity index (χ0) is 13.5. The molecule has 7 heteroatoms. The molecule has 0 saturated carbocycles. The van der Waals surface area contributed by atoms with Gasteiger partial charge in [0.15, 0.2) is 11.6 Å². The van der Waals surface area contributed by atoms with E-state index in [0.717, 1.165) is 12.1 Å². The van der Waals surface area contributed by atoms with Crippen molar-refractivity contribution in [1.82, 2.24) is 0 Å². The SMILES string of the molecule is NCCCC(=O)Nc1ccc(OC(F)F)c(F)c1. The van der Waals surface area contributed by atoms with E-state index in [1.54, 1.807) is 0 Å². The third-order valence-electron chi connectivity index (χ3n) is 2.04. The Balaban J connectivity index is 2.63. The third kappa shape index (κ3) is 4.62. The Labute approximate surface area is 102 Å². The summed E-state index contributed by atoms with van der Waals surface area (Å²) in [6, 6.07) is 3.22. The normalized spacial score (nSPS) is 10.5. The highest BCUT2D eigenvalue weighted by Crippen LogP contribution is 2.22. The number of halogens is 3. The van der Waals surface area contributed by atoms with Crippen molar-refractivity contribution in [3.8, 4) is 5.75 Å². The molecule has 1 amide bonds. The molecule has 0 aliphatic rings. The van der Waals surface area contributed by atoms with E-state index in [1.165, 1.54) is 6.07 Å². The standard InChI is InChI=1S/C11H13F3N2O2/c12-8-6-7(16-10(17)2-1-5-15)3-4-9(8)18-11(13)14/h3-4,6,11H,1-2,5,15H2,(H,16,17). The molecule has 0 saturated heterocycles. The first-order chi connectivity index (χ1) is 8.52.